The smallest absolute Gasteiger partial charge is 0.326 e. The van der Waals surface area contributed by atoms with Crippen LogP contribution in [0.25, 0.3) is 0 Å². The first kappa shape index (κ1) is 15.2. The normalized spacial score (nSPS) is 19.8. The summed E-state index contributed by atoms with van der Waals surface area (Å²) in [5, 5.41) is 3.31. The Bertz CT molecular complexity index is 282. The molecule has 0 radical (unpaired) electrons. The van der Waals surface area contributed by atoms with Crippen LogP contribution in [0.4, 0.5) is 0 Å². The SMILES string of the molecule is C=CCNC1(C(=O)OCC)CCN(C(C)C)CC1. The minimum Gasteiger partial charge on any atom is -0.465 e. The molecule has 1 rings (SSSR count). The molecule has 1 N–H and O–H groups in total. The van der Waals surface area contributed by atoms with E-state index in [9.17, 15) is 4.79 Å². The Hall–Kier alpha value is -0.870. The lowest BCUT2D eigenvalue weighted by Gasteiger charge is -2.41. The van der Waals surface area contributed by atoms with Gasteiger partial charge in [-0.25, -0.2) is 0 Å². The van der Waals surface area contributed by atoms with Gasteiger partial charge in [0.25, 0.3) is 0 Å². The highest BCUT2D eigenvalue weighted by molar-refractivity contribution is 5.81. The molecule has 0 amide bonds. The zero-order valence-corrected chi connectivity index (χ0v) is 11.9. The minimum absolute atomic E-state index is 0.116. The van der Waals surface area contributed by atoms with Gasteiger partial charge in [0.1, 0.15) is 5.54 Å². The predicted octanol–water partition coefficient (Wildman–Crippen LogP) is 1.57. The van der Waals surface area contributed by atoms with E-state index < -0.39 is 5.54 Å². The summed E-state index contributed by atoms with van der Waals surface area (Å²) >= 11 is 0. The maximum Gasteiger partial charge on any atom is 0.326 e. The van der Waals surface area contributed by atoms with Gasteiger partial charge >= 0.3 is 5.97 Å². The van der Waals surface area contributed by atoms with Crippen molar-refractivity contribution in [3.63, 3.8) is 0 Å². The molecular formula is C14H26N2O2. The minimum atomic E-state index is -0.518. The highest BCUT2D eigenvalue weighted by Crippen LogP contribution is 2.25. The Kier molecular flexibility index (Phi) is 5.82. The van der Waals surface area contributed by atoms with E-state index in [4.69, 9.17) is 4.74 Å². The monoisotopic (exact) mass is 254 g/mol. The third-order valence-electron chi connectivity index (χ3n) is 3.63. The van der Waals surface area contributed by atoms with Crippen LogP contribution >= 0.6 is 0 Å². The van der Waals surface area contributed by atoms with E-state index in [2.05, 4.69) is 30.6 Å². The van der Waals surface area contributed by atoms with Crippen molar-refractivity contribution >= 4 is 5.97 Å². The first-order chi connectivity index (χ1) is 8.55. The number of piperidine rings is 1. The van der Waals surface area contributed by atoms with E-state index in [-0.39, 0.29) is 5.97 Å². The average Bonchev–Trinajstić information content (AvgIpc) is 2.37. The van der Waals surface area contributed by atoms with Crippen molar-refractivity contribution in [2.75, 3.05) is 26.2 Å². The van der Waals surface area contributed by atoms with Crippen molar-refractivity contribution < 1.29 is 9.53 Å². The van der Waals surface area contributed by atoms with Gasteiger partial charge in [-0.2, -0.15) is 0 Å². The van der Waals surface area contributed by atoms with Crippen LogP contribution in [0, 0.1) is 0 Å². The Balaban J connectivity index is 2.69. The standard InChI is InChI=1S/C14H26N2O2/c1-5-9-15-14(13(17)18-6-2)7-10-16(11-8-14)12(3)4/h5,12,15H,1,6-11H2,2-4H3. The van der Waals surface area contributed by atoms with Gasteiger partial charge in [-0.15, -0.1) is 6.58 Å². The van der Waals surface area contributed by atoms with Crippen LogP contribution in [0.5, 0.6) is 0 Å². The lowest BCUT2D eigenvalue weighted by molar-refractivity contribution is -0.153. The highest BCUT2D eigenvalue weighted by atomic mass is 16.5. The number of nitrogens with one attached hydrogen (secondary N) is 1. The van der Waals surface area contributed by atoms with Crippen LogP contribution in [-0.4, -0.2) is 48.7 Å². The topological polar surface area (TPSA) is 41.6 Å². The van der Waals surface area contributed by atoms with E-state index >= 15 is 0 Å². The van der Waals surface area contributed by atoms with Crippen molar-refractivity contribution in [3.05, 3.63) is 12.7 Å². The summed E-state index contributed by atoms with van der Waals surface area (Å²) in [5.41, 5.74) is -0.518. The number of rotatable bonds is 6. The van der Waals surface area contributed by atoms with E-state index in [0.29, 0.717) is 19.2 Å². The number of hydrogen-bond donors (Lipinski definition) is 1. The Morgan fingerprint density at radius 3 is 2.56 bits per heavy atom. The van der Waals surface area contributed by atoms with Crippen LogP contribution < -0.4 is 5.32 Å². The van der Waals surface area contributed by atoms with E-state index in [1.54, 1.807) is 6.08 Å². The largest absolute Gasteiger partial charge is 0.465 e. The number of hydrogen-bond acceptors (Lipinski definition) is 4. The molecule has 0 atom stereocenters. The van der Waals surface area contributed by atoms with Gasteiger partial charge in [0, 0.05) is 25.7 Å². The summed E-state index contributed by atoms with van der Waals surface area (Å²) in [7, 11) is 0. The Morgan fingerprint density at radius 2 is 2.11 bits per heavy atom. The van der Waals surface area contributed by atoms with Gasteiger partial charge in [-0.05, 0) is 33.6 Å². The summed E-state index contributed by atoms with van der Waals surface area (Å²) in [4.78, 5) is 14.6. The van der Waals surface area contributed by atoms with Crippen LogP contribution in [-0.2, 0) is 9.53 Å². The molecule has 4 nitrogen and oxygen atoms in total. The summed E-state index contributed by atoms with van der Waals surface area (Å²) in [6.07, 6.45) is 3.39. The molecule has 18 heavy (non-hydrogen) atoms. The van der Waals surface area contributed by atoms with Gasteiger partial charge in [-0.1, -0.05) is 6.08 Å². The van der Waals surface area contributed by atoms with E-state index in [1.807, 2.05) is 6.92 Å². The van der Waals surface area contributed by atoms with Gasteiger partial charge in [0.15, 0.2) is 0 Å². The van der Waals surface area contributed by atoms with E-state index in [0.717, 1.165) is 25.9 Å². The molecule has 0 aromatic heterocycles. The summed E-state index contributed by atoms with van der Waals surface area (Å²) in [6.45, 7) is 12.9. The molecule has 1 aliphatic heterocycles. The molecular weight excluding hydrogens is 228 g/mol. The van der Waals surface area contributed by atoms with Crippen LogP contribution in [0.3, 0.4) is 0 Å². The van der Waals surface area contributed by atoms with Crippen LogP contribution in [0.1, 0.15) is 33.6 Å². The van der Waals surface area contributed by atoms with Gasteiger partial charge < -0.3 is 9.64 Å². The molecule has 0 aliphatic carbocycles. The maximum atomic E-state index is 12.2. The third kappa shape index (κ3) is 3.56. The van der Waals surface area contributed by atoms with Crippen molar-refractivity contribution in [2.45, 2.75) is 45.2 Å². The summed E-state index contributed by atoms with van der Waals surface area (Å²) < 4.78 is 5.22. The summed E-state index contributed by atoms with van der Waals surface area (Å²) in [5.74, 6) is -0.116. The lowest BCUT2D eigenvalue weighted by Crippen LogP contribution is -2.59. The molecule has 1 aliphatic rings. The Labute approximate surface area is 110 Å². The second-order valence-corrected chi connectivity index (χ2v) is 5.10. The quantitative estimate of drug-likeness (QED) is 0.577. The number of esters is 1. The van der Waals surface area contributed by atoms with Crippen LogP contribution in [0.15, 0.2) is 12.7 Å². The summed E-state index contributed by atoms with van der Waals surface area (Å²) in [6, 6.07) is 0.532. The second-order valence-electron chi connectivity index (χ2n) is 5.10. The van der Waals surface area contributed by atoms with Crippen molar-refractivity contribution in [2.24, 2.45) is 0 Å². The molecule has 0 spiro atoms. The molecule has 1 saturated heterocycles. The molecule has 104 valence electrons. The van der Waals surface area contributed by atoms with Gasteiger partial charge in [-0.3, -0.25) is 10.1 Å². The van der Waals surface area contributed by atoms with Crippen molar-refractivity contribution in [1.82, 2.24) is 10.2 Å². The fourth-order valence-corrected chi connectivity index (χ4v) is 2.41. The number of nitrogens with zero attached hydrogens (tertiary/aromatic N) is 1. The van der Waals surface area contributed by atoms with Crippen molar-refractivity contribution in [1.29, 1.82) is 0 Å². The highest BCUT2D eigenvalue weighted by Gasteiger charge is 2.42. The zero-order chi connectivity index (χ0) is 13.6. The molecule has 1 heterocycles. The number of carbonyl (C=O) groups is 1. The fourth-order valence-electron chi connectivity index (χ4n) is 2.41. The van der Waals surface area contributed by atoms with Gasteiger partial charge in [0.2, 0.25) is 0 Å². The van der Waals surface area contributed by atoms with Gasteiger partial charge in [0.05, 0.1) is 6.61 Å². The maximum absolute atomic E-state index is 12.2. The number of ether oxygens (including phenoxy) is 1. The van der Waals surface area contributed by atoms with Crippen molar-refractivity contribution in [3.8, 4) is 0 Å². The average molecular weight is 254 g/mol. The van der Waals surface area contributed by atoms with Crippen LogP contribution in [0.2, 0.25) is 0 Å². The molecule has 0 unspecified atom stereocenters. The molecule has 0 aromatic carbocycles. The third-order valence-corrected chi connectivity index (χ3v) is 3.63. The zero-order valence-electron chi connectivity index (χ0n) is 11.9. The number of likely N-dealkylation sites (tertiary alicyclic amines) is 1. The molecule has 1 fully saturated rings. The molecule has 4 heteroatoms. The number of carbonyl (C=O) groups excluding carboxylic acids is 1. The molecule has 0 bridgehead atoms. The lowest BCUT2D eigenvalue weighted by atomic mass is 9.87. The Morgan fingerprint density at radius 1 is 1.50 bits per heavy atom. The fraction of sp³-hybridized carbons (Fsp3) is 0.786. The molecule has 0 aromatic rings. The predicted molar refractivity (Wildman–Crippen MR) is 73.5 cm³/mol. The molecule has 0 saturated carbocycles. The first-order valence-electron chi connectivity index (χ1n) is 6.83. The van der Waals surface area contributed by atoms with E-state index in [1.165, 1.54) is 0 Å². The first-order valence-corrected chi connectivity index (χ1v) is 6.83. The second kappa shape index (κ2) is 6.90.